The van der Waals surface area contributed by atoms with Crippen molar-refractivity contribution in [2.45, 2.75) is 13.8 Å². The van der Waals surface area contributed by atoms with Gasteiger partial charge < -0.3 is 16.0 Å². The normalized spacial score (nSPS) is 10.5. The van der Waals surface area contributed by atoms with Gasteiger partial charge in [-0.05, 0) is 19.9 Å². The average Bonchev–Trinajstić information content (AvgIpc) is 2.76. The molecule has 0 aliphatic rings. The molecule has 0 fully saturated rings. The quantitative estimate of drug-likeness (QED) is 0.774. The molecule has 0 saturated carbocycles. The Morgan fingerprint density at radius 2 is 2.21 bits per heavy atom. The first-order valence-electron chi connectivity index (χ1n) is 6.10. The van der Waals surface area contributed by atoms with Crippen LogP contribution in [0.25, 0.3) is 10.2 Å². The topological polar surface area (TPSA) is 78.9 Å². The van der Waals surface area contributed by atoms with Crippen LogP contribution in [0, 0.1) is 6.92 Å². The summed E-state index contributed by atoms with van der Waals surface area (Å²) in [5, 5.41) is 9.68. The average molecular weight is 279 g/mol. The molecule has 2 aromatic rings. The van der Waals surface area contributed by atoms with E-state index in [2.05, 4.69) is 25.9 Å². The van der Waals surface area contributed by atoms with E-state index in [4.69, 9.17) is 0 Å². The maximum Gasteiger partial charge on any atom is 0.239 e. The van der Waals surface area contributed by atoms with Gasteiger partial charge >= 0.3 is 0 Å². The van der Waals surface area contributed by atoms with Crippen LogP contribution < -0.4 is 16.0 Å². The van der Waals surface area contributed by atoms with Gasteiger partial charge in [-0.3, -0.25) is 4.79 Å². The summed E-state index contributed by atoms with van der Waals surface area (Å²) in [6, 6.07) is 2.03. The molecule has 19 heavy (non-hydrogen) atoms. The Morgan fingerprint density at radius 3 is 2.89 bits per heavy atom. The third-order valence-corrected chi connectivity index (χ3v) is 3.47. The number of likely N-dealkylation sites (N-methyl/N-ethyl adjacent to an activating group) is 1. The van der Waals surface area contributed by atoms with Gasteiger partial charge in [0.25, 0.3) is 0 Å². The van der Waals surface area contributed by atoms with Crippen LogP contribution in [0.1, 0.15) is 11.8 Å². The van der Waals surface area contributed by atoms with Gasteiger partial charge in [-0.2, -0.15) is 4.98 Å². The van der Waals surface area contributed by atoms with E-state index in [1.54, 1.807) is 18.4 Å². The molecule has 102 valence electrons. The molecule has 0 atom stereocenters. The first-order valence-corrected chi connectivity index (χ1v) is 6.92. The highest BCUT2D eigenvalue weighted by atomic mass is 32.1. The summed E-state index contributed by atoms with van der Waals surface area (Å²) in [6.07, 6.45) is 0. The molecule has 0 bridgehead atoms. The summed E-state index contributed by atoms with van der Waals surface area (Å²) in [5.74, 6) is 1.19. The Bertz CT molecular complexity index is 595. The summed E-state index contributed by atoms with van der Waals surface area (Å²) in [4.78, 5) is 22.3. The molecule has 0 aliphatic heterocycles. The van der Waals surface area contributed by atoms with Crippen LogP contribution in [0.3, 0.4) is 0 Å². The van der Waals surface area contributed by atoms with Crippen molar-refractivity contribution in [3.63, 3.8) is 0 Å². The number of amides is 1. The second kappa shape index (κ2) is 5.83. The monoisotopic (exact) mass is 279 g/mol. The molecule has 3 N–H and O–H groups in total. The predicted molar refractivity (Wildman–Crippen MR) is 78.9 cm³/mol. The largest absolute Gasteiger partial charge is 0.360 e. The fourth-order valence-electron chi connectivity index (χ4n) is 1.71. The van der Waals surface area contributed by atoms with Gasteiger partial charge in [-0.25, -0.2) is 4.98 Å². The maximum absolute atomic E-state index is 11.5. The highest BCUT2D eigenvalue weighted by Crippen LogP contribution is 2.29. The van der Waals surface area contributed by atoms with E-state index in [9.17, 15) is 4.79 Å². The van der Waals surface area contributed by atoms with Gasteiger partial charge in [0.1, 0.15) is 10.6 Å². The van der Waals surface area contributed by atoms with E-state index in [1.165, 1.54) is 4.88 Å². The Hall–Kier alpha value is -1.89. The number of hydrogen-bond acceptors (Lipinski definition) is 6. The molecule has 0 aromatic carbocycles. The molecule has 0 saturated heterocycles. The Kier molecular flexibility index (Phi) is 4.16. The lowest BCUT2D eigenvalue weighted by atomic mass is 10.3. The predicted octanol–water partition coefficient (Wildman–Crippen LogP) is 1.59. The summed E-state index contributed by atoms with van der Waals surface area (Å²) >= 11 is 1.61. The van der Waals surface area contributed by atoms with Crippen LogP contribution >= 0.6 is 11.3 Å². The summed E-state index contributed by atoms with van der Waals surface area (Å²) < 4.78 is 0. The summed E-state index contributed by atoms with van der Waals surface area (Å²) in [5.41, 5.74) is 0. The number of rotatable bonds is 5. The second-order valence-electron chi connectivity index (χ2n) is 4.03. The van der Waals surface area contributed by atoms with Crippen LogP contribution in [0.15, 0.2) is 6.07 Å². The van der Waals surface area contributed by atoms with Crippen molar-refractivity contribution in [2.75, 3.05) is 30.8 Å². The number of carbonyl (C=O) groups excluding carboxylic acids is 1. The molecule has 2 rings (SSSR count). The Morgan fingerprint density at radius 1 is 1.42 bits per heavy atom. The van der Waals surface area contributed by atoms with Crippen molar-refractivity contribution in [1.82, 2.24) is 15.3 Å². The second-order valence-corrected chi connectivity index (χ2v) is 5.26. The highest BCUT2D eigenvalue weighted by molar-refractivity contribution is 7.18. The van der Waals surface area contributed by atoms with Gasteiger partial charge in [-0.1, -0.05) is 0 Å². The fourth-order valence-corrected chi connectivity index (χ4v) is 2.59. The highest BCUT2D eigenvalue weighted by Gasteiger charge is 2.10. The minimum atomic E-state index is -0.0489. The third kappa shape index (κ3) is 3.11. The van der Waals surface area contributed by atoms with Gasteiger partial charge in [0.15, 0.2) is 0 Å². The molecule has 2 aromatic heterocycles. The van der Waals surface area contributed by atoms with Crippen LogP contribution in [0.5, 0.6) is 0 Å². The minimum absolute atomic E-state index is 0.0489. The van der Waals surface area contributed by atoms with Crippen molar-refractivity contribution in [3.05, 3.63) is 10.9 Å². The molecule has 6 nitrogen and oxygen atoms in total. The van der Waals surface area contributed by atoms with Crippen molar-refractivity contribution in [1.29, 1.82) is 0 Å². The van der Waals surface area contributed by atoms with E-state index in [0.717, 1.165) is 10.2 Å². The summed E-state index contributed by atoms with van der Waals surface area (Å²) in [7, 11) is 1.77. The zero-order valence-electron chi connectivity index (χ0n) is 11.2. The molecule has 7 heteroatoms. The van der Waals surface area contributed by atoms with E-state index in [-0.39, 0.29) is 12.5 Å². The van der Waals surface area contributed by atoms with E-state index < -0.39 is 0 Å². The van der Waals surface area contributed by atoms with Crippen LogP contribution in [-0.4, -0.2) is 36.0 Å². The molecule has 0 aliphatic carbocycles. The lowest BCUT2D eigenvalue weighted by molar-refractivity contribution is -0.119. The number of carbonyl (C=O) groups is 1. The van der Waals surface area contributed by atoms with Gasteiger partial charge in [0, 0.05) is 18.5 Å². The molecule has 0 unspecified atom stereocenters. The van der Waals surface area contributed by atoms with Gasteiger partial charge in [0.2, 0.25) is 11.9 Å². The van der Waals surface area contributed by atoms with E-state index >= 15 is 0 Å². The molecular formula is C12H17N5OS. The number of hydrogen-bond donors (Lipinski definition) is 3. The zero-order chi connectivity index (χ0) is 13.8. The van der Waals surface area contributed by atoms with E-state index in [1.807, 2.05) is 19.9 Å². The Labute approximate surface area is 115 Å². The maximum atomic E-state index is 11.5. The lowest BCUT2D eigenvalue weighted by Crippen LogP contribution is -2.29. The van der Waals surface area contributed by atoms with Crippen LogP contribution in [0.2, 0.25) is 0 Å². The molecular weight excluding hydrogens is 262 g/mol. The first kappa shape index (κ1) is 13.5. The van der Waals surface area contributed by atoms with Crippen molar-refractivity contribution >= 4 is 39.2 Å². The third-order valence-electron chi connectivity index (χ3n) is 2.53. The number of fused-ring (bicyclic) bond motifs is 1. The van der Waals surface area contributed by atoms with Crippen molar-refractivity contribution in [2.24, 2.45) is 0 Å². The number of nitrogens with one attached hydrogen (secondary N) is 3. The SMILES string of the molecule is CCNC(=O)CNc1nc(NC)nc2sc(C)cc12. The number of nitrogens with zero attached hydrogens (tertiary/aromatic N) is 2. The summed E-state index contributed by atoms with van der Waals surface area (Å²) in [6.45, 7) is 4.75. The van der Waals surface area contributed by atoms with Gasteiger partial charge in [-0.15, -0.1) is 11.3 Å². The fraction of sp³-hybridized carbons (Fsp3) is 0.417. The molecule has 0 radical (unpaired) electrons. The Balaban J connectivity index is 2.27. The zero-order valence-corrected chi connectivity index (χ0v) is 12.0. The standard InChI is InChI=1S/C12H17N5OS/c1-4-14-9(18)6-15-10-8-5-7(2)19-11(8)17-12(13-3)16-10/h5H,4,6H2,1-3H3,(H,14,18)(H2,13,15,16,17). The van der Waals surface area contributed by atoms with Crippen molar-refractivity contribution in [3.8, 4) is 0 Å². The molecule has 1 amide bonds. The van der Waals surface area contributed by atoms with E-state index in [0.29, 0.717) is 18.3 Å². The number of anilines is 2. The molecule has 2 heterocycles. The van der Waals surface area contributed by atoms with Gasteiger partial charge in [0.05, 0.1) is 11.9 Å². The van der Waals surface area contributed by atoms with Crippen LogP contribution in [-0.2, 0) is 4.79 Å². The number of aromatic nitrogens is 2. The van der Waals surface area contributed by atoms with Crippen molar-refractivity contribution < 1.29 is 4.79 Å². The first-order chi connectivity index (χ1) is 9.13. The lowest BCUT2D eigenvalue weighted by Gasteiger charge is -2.08. The number of thiophene rings is 1. The van der Waals surface area contributed by atoms with Crippen LogP contribution in [0.4, 0.5) is 11.8 Å². The minimum Gasteiger partial charge on any atom is -0.360 e. The smallest absolute Gasteiger partial charge is 0.239 e. The number of aryl methyl sites for hydroxylation is 1. The molecule has 0 spiro atoms.